The molecule has 1 unspecified atom stereocenters. The molecule has 0 aliphatic carbocycles. The number of aromatic nitrogens is 1. The summed E-state index contributed by atoms with van der Waals surface area (Å²) in [7, 11) is 0. The fourth-order valence-electron chi connectivity index (χ4n) is 2.08. The van der Waals surface area contributed by atoms with E-state index in [0.29, 0.717) is 0 Å². The van der Waals surface area contributed by atoms with Crippen LogP contribution in [-0.4, -0.2) is 11.5 Å². The quantitative estimate of drug-likeness (QED) is 0.868. The van der Waals surface area contributed by atoms with Crippen LogP contribution >= 0.6 is 0 Å². The van der Waals surface area contributed by atoms with Crippen LogP contribution in [0.4, 0.5) is 10.1 Å². The van der Waals surface area contributed by atoms with Gasteiger partial charge in [-0.2, -0.15) is 0 Å². The number of nitrogens with two attached hydrogens (primary N) is 1. The molecule has 0 saturated carbocycles. The molecule has 3 N–H and O–H groups in total. The molecule has 0 aliphatic rings. The largest absolute Gasteiger partial charge is 0.398 e. The van der Waals surface area contributed by atoms with E-state index in [1.807, 2.05) is 6.92 Å². The first-order valence-corrected chi connectivity index (χ1v) is 6.38. The van der Waals surface area contributed by atoms with Crippen molar-refractivity contribution in [1.82, 2.24) is 10.3 Å². The predicted octanol–water partition coefficient (Wildman–Crippen LogP) is 2.70. The Labute approximate surface area is 112 Å². The molecular formula is C15H18FN3. The van der Waals surface area contributed by atoms with Crippen LogP contribution in [-0.2, 0) is 6.42 Å². The lowest BCUT2D eigenvalue weighted by Crippen LogP contribution is -2.23. The summed E-state index contributed by atoms with van der Waals surface area (Å²) < 4.78 is 13.0. The highest BCUT2D eigenvalue weighted by Gasteiger charge is 2.12. The minimum Gasteiger partial charge on any atom is -0.398 e. The molecule has 0 aliphatic heterocycles. The van der Waals surface area contributed by atoms with Crippen molar-refractivity contribution in [3.8, 4) is 0 Å². The number of hydrogen-bond acceptors (Lipinski definition) is 3. The van der Waals surface area contributed by atoms with Gasteiger partial charge in [0.2, 0.25) is 0 Å². The van der Waals surface area contributed by atoms with Crippen LogP contribution < -0.4 is 11.1 Å². The Morgan fingerprint density at radius 2 is 2.00 bits per heavy atom. The Hall–Kier alpha value is -1.94. The maximum Gasteiger partial charge on any atom is 0.123 e. The molecule has 1 atom stereocenters. The predicted molar refractivity (Wildman–Crippen MR) is 75.2 cm³/mol. The fraction of sp³-hybridized carbons (Fsp3) is 0.267. The summed E-state index contributed by atoms with van der Waals surface area (Å²) in [6.45, 7) is 2.88. The lowest BCUT2D eigenvalue weighted by molar-refractivity contribution is 0.547. The molecule has 0 bridgehead atoms. The SMILES string of the molecule is CCNC(Cc1cnccc1N)c1ccc(F)cc1. The van der Waals surface area contributed by atoms with E-state index in [4.69, 9.17) is 5.73 Å². The van der Waals surface area contributed by atoms with E-state index in [1.165, 1.54) is 12.1 Å². The van der Waals surface area contributed by atoms with Crippen molar-refractivity contribution in [2.24, 2.45) is 0 Å². The van der Waals surface area contributed by atoms with Gasteiger partial charge >= 0.3 is 0 Å². The average Bonchev–Trinajstić information content (AvgIpc) is 2.42. The minimum atomic E-state index is -0.222. The summed E-state index contributed by atoms with van der Waals surface area (Å²) in [5.41, 5.74) is 8.72. The van der Waals surface area contributed by atoms with Crippen molar-refractivity contribution in [3.05, 3.63) is 59.7 Å². The molecule has 100 valence electrons. The van der Waals surface area contributed by atoms with E-state index < -0.39 is 0 Å². The Balaban J connectivity index is 2.21. The molecule has 0 radical (unpaired) electrons. The third-order valence-electron chi connectivity index (χ3n) is 3.09. The smallest absolute Gasteiger partial charge is 0.123 e. The van der Waals surface area contributed by atoms with E-state index in [1.54, 1.807) is 30.6 Å². The molecule has 1 heterocycles. The maximum atomic E-state index is 13.0. The second-order valence-electron chi connectivity index (χ2n) is 4.44. The topological polar surface area (TPSA) is 50.9 Å². The van der Waals surface area contributed by atoms with Crippen LogP contribution in [0.1, 0.15) is 24.1 Å². The van der Waals surface area contributed by atoms with Gasteiger partial charge in [-0.05, 0) is 42.3 Å². The van der Waals surface area contributed by atoms with Gasteiger partial charge in [0.05, 0.1) is 0 Å². The maximum absolute atomic E-state index is 13.0. The Morgan fingerprint density at radius 1 is 1.26 bits per heavy atom. The first-order valence-electron chi connectivity index (χ1n) is 6.38. The van der Waals surface area contributed by atoms with Crippen LogP contribution in [0.3, 0.4) is 0 Å². The summed E-state index contributed by atoms with van der Waals surface area (Å²) in [4.78, 5) is 4.10. The summed E-state index contributed by atoms with van der Waals surface area (Å²) in [6, 6.07) is 8.46. The van der Waals surface area contributed by atoms with E-state index in [2.05, 4.69) is 10.3 Å². The number of hydrogen-bond donors (Lipinski definition) is 2. The highest BCUT2D eigenvalue weighted by molar-refractivity contribution is 5.45. The summed E-state index contributed by atoms with van der Waals surface area (Å²) in [6.07, 6.45) is 4.20. The van der Waals surface area contributed by atoms with Gasteiger partial charge in [-0.15, -0.1) is 0 Å². The lowest BCUT2D eigenvalue weighted by atomic mass is 9.99. The molecule has 4 heteroatoms. The van der Waals surface area contributed by atoms with Gasteiger partial charge in [-0.25, -0.2) is 4.39 Å². The molecule has 2 rings (SSSR count). The molecule has 3 nitrogen and oxygen atoms in total. The van der Waals surface area contributed by atoms with E-state index in [-0.39, 0.29) is 11.9 Å². The second-order valence-corrected chi connectivity index (χ2v) is 4.44. The van der Waals surface area contributed by atoms with Crippen molar-refractivity contribution in [3.63, 3.8) is 0 Å². The van der Waals surface area contributed by atoms with E-state index in [9.17, 15) is 4.39 Å². The van der Waals surface area contributed by atoms with Gasteiger partial charge in [-0.1, -0.05) is 19.1 Å². The fourth-order valence-corrected chi connectivity index (χ4v) is 2.08. The molecule has 0 amide bonds. The number of nitrogen functional groups attached to an aromatic ring is 1. The van der Waals surface area contributed by atoms with Gasteiger partial charge in [0.15, 0.2) is 0 Å². The highest BCUT2D eigenvalue weighted by atomic mass is 19.1. The van der Waals surface area contributed by atoms with Gasteiger partial charge in [0, 0.05) is 24.1 Å². The highest BCUT2D eigenvalue weighted by Crippen LogP contribution is 2.21. The Kier molecular flexibility index (Phi) is 4.47. The number of likely N-dealkylation sites (N-methyl/N-ethyl adjacent to an activating group) is 1. The zero-order chi connectivity index (χ0) is 13.7. The second kappa shape index (κ2) is 6.29. The van der Waals surface area contributed by atoms with Gasteiger partial charge < -0.3 is 11.1 Å². The first-order chi connectivity index (χ1) is 9.20. The molecule has 1 aromatic carbocycles. The van der Waals surface area contributed by atoms with Crippen LogP contribution in [0, 0.1) is 5.82 Å². The Bertz CT molecular complexity index is 525. The zero-order valence-electron chi connectivity index (χ0n) is 10.9. The van der Waals surface area contributed by atoms with Gasteiger partial charge in [0.1, 0.15) is 5.82 Å². The van der Waals surface area contributed by atoms with Crippen molar-refractivity contribution in [1.29, 1.82) is 0 Å². The molecular weight excluding hydrogens is 241 g/mol. The standard InChI is InChI=1S/C15H18FN3/c1-2-19-15(11-3-5-13(16)6-4-11)9-12-10-18-8-7-14(12)17/h3-8,10,15,19H,2,9H2,1H3,(H2,17,18). The molecule has 1 aromatic heterocycles. The average molecular weight is 259 g/mol. The number of rotatable bonds is 5. The number of nitrogens with zero attached hydrogens (tertiary/aromatic N) is 1. The molecule has 0 spiro atoms. The van der Waals surface area contributed by atoms with Crippen molar-refractivity contribution in [2.75, 3.05) is 12.3 Å². The summed E-state index contributed by atoms with van der Waals surface area (Å²) in [5.74, 6) is -0.222. The van der Waals surface area contributed by atoms with E-state index >= 15 is 0 Å². The lowest BCUT2D eigenvalue weighted by Gasteiger charge is -2.19. The van der Waals surface area contributed by atoms with Gasteiger partial charge in [-0.3, -0.25) is 4.98 Å². The number of pyridine rings is 1. The zero-order valence-corrected chi connectivity index (χ0v) is 10.9. The van der Waals surface area contributed by atoms with Crippen molar-refractivity contribution < 1.29 is 4.39 Å². The third-order valence-corrected chi connectivity index (χ3v) is 3.09. The van der Waals surface area contributed by atoms with Gasteiger partial charge in [0.25, 0.3) is 0 Å². The minimum absolute atomic E-state index is 0.108. The van der Waals surface area contributed by atoms with Crippen LogP contribution in [0.25, 0.3) is 0 Å². The number of anilines is 1. The number of halogens is 1. The van der Waals surface area contributed by atoms with Crippen LogP contribution in [0.15, 0.2) is 42.7 Å². The monoisotopic (exact) mass is 259 g/mol. The normalized spacial score (nSPS) is 12.3. The third kappa shape index (κ3) is 3.51. The molecule has 19 heavy (non-hydrogen) atoms. The van der Waals surface area contributed by atoms with Crippen molar-refractivity contribution in [2.45, 2.75) is 19.4 Å². The molecule has 0 fully saturated rings. The first kappa shape index (κ1) is 13.5. The number of benzene rings is 1. The Morgan fingerprint density at radius 3 is 2.63 bits per heavy atom. The summed E-state index contributed by atoms with van der Waals surface area (Å²) in [5, 5.41) is 3.39. The van der Waals surface area contributed by atoms with Crippen molar-refractivity contribution >= 4 is 5.69 Å². The van der Waals surface area contributed by atoms with E-state index in [0.717, 1.165) is 29.8 Å². The summed E-state index contributed by atoms with van der Waals surface area (Å²) >= 11 is 0. The van der Waals surface area contributed by atoms with Crippen LogP contribution in [0.2, 0.25) is 0 Å². The number of nitrogens with one attached hydrogen (secondary N) is 1. The molecule has 2 aromatic rings. The molecule has 0 saturated heterocycles. The van der Waals surface area contributed by atoms with Crippen LogP contribution in [0.5, 0.6) is 0 Å².